The molecule has 0 amide bonds. The fourth-order valence-electron chi connectivity index (χ4n) is 1.27. The summed E-state index contributed by atoms with van der Waals surface area (Å²) >= 11 is 0. The standard InChI is InChI=1S/C10H25NO2Si/c1-6-9-13-14(5,12-4)10-7-8-11(2)3/h6-10H2,1-5H3. The van der Waals surface area contributed by atoms with Crippen LogP contribution in [0.4, 0.5) is 0 Å². The van der Waals surface area contributed by atoms with Gasteiger partial charge in [0.15, 0.2) is 0 Å². The van der Waals surface area contributed by atoms with Crippen molar-refractivity contribution in [2.24, 2.45) is 0 Å². The fourth-order valence-corrected chi connectivity index (χ4v) is 3.17. The molecule has 0 saturated heterocycles. The van der Waals surface area contributed by atoms with E-state index in [1.165, 1.54) is 0 Å². The molecule has 0 aromatic carbocycles. The second kappa shape index (κ2) is 7.40. The van der Waals surface area contributed by atoms with E-state index < -0.39 is 8.56 Å². The molecule has 1 unspecified atom stereocenters. The molecule has 0 spiro atoms. The molecule has 4 heteroatoms. The summed E-state index contributed by atoms with van der Waals surface area (Å²) in [5, 5.41) is 0. The van der Waals surface area contributed by atoms with Crippen LogP contribution in [0.15, 0.2) is 0 Å². The van der Waals surface area contributed by atoms with Gasteiger partial charge in [-0.25, -0.2) is 0 Å². The lowest BCUT2D eigenvalue weighted by molar-refractivity contribution is 0.202. The van der Waals surface area contributed by atoms with Crippen LogP contribution in [0.5, 0.6) is 0 Å². The third kappa shape index (κ3) is 6.54. The molecule has 0 fully saturated rings. The molecule has 0 radical (unpaired) electrons. The van der Waals surface area contributed by atoms with Crippen molar-refractivity contribution in [2.45, 2.75) is 32.4 Å². The Labute approximate surface area is 89.6 Å². The highest BCUT2D eigenvalue weighted by Gasteiger charge is 2.29. The van der Waals surface area contributed by atoms with Crippen molar-refractivity contribution in [1.82, 2.24) is 4.90 Å². The molecule has 1 atom stereocenters. The first kappa shape index (κ1) is 14.1. The molecule has 3 nitrogen and oxygen atoms in total. The van der Waals surface area contributed by atoms with Crippen LogP contribution in [-0.4, -0.2) is 47.8 Å². The third-order valence-electron chi connectivity index (χ3n) is 2.28. The number of nitrogens with zero attached hydrogens (tertiary/aromatic N) is 1. The van der Waals surface area contributed by atoms with Crippen molar-refractivity contribution in [3.8, 4) is 0 Å². The number of rotatable bonds is 8. The summed E-state index contributed by atoms with van der Waals surface area (Å²) in [4.78, 5) is 2.20. The van der Waals surface area contributed by atoms with Crippen LogP contribution in [0, 0.1) is 0 Å². The van der Waals surface area contributed by atoms with Crippen molar-refractivity contribution < 1.29 is 8.85 Å². The lowest BCUT2D eigenvalue weighted by Gasteiger charge is -2.25. The van der Waals surface area contributed by atoms with Gasteiger partial charge in [0.1, 0.15) is 0 Å². The first-order chi connectivity index (χ1) is 6.54. The summed E-state index contributed by atoms with van der Waals surface area (Å²) in [6.45, 7) is 6.22. The van der Waals surface area contributed by atoms with Gasteiger partial charge in [0.05, 0.1) is 0 Å². The van der Waals surface area contributed by atoms with Crippen molar-refractivity contribution in [3.05, 3.63) is 0 Å². The average molecular weight is 219 g/mol. The summed E-state index contributed by atoms with van der Waals surface area (Å²) in [7, 11) is 4.13. The van der Waals surface area contributed by atoms with Crippen molar-refractivity contribution in [3.63, 3.8) is 0 Å². The highest BCUT2D eigenvalue weighted by molar-refractivity contribution is 6.65. The maximum Gasteiger partial charge on any atom is 0.334 e. The predicted octanol–water partition coefficient (Wildman–Crippen LogP) is 2.08. The smallest absolute Gasteiger partial charge is 0.334 e. The van der Waals surface area contributed by atoms with Crippen LogP contribution in [0.3, 0.4) is 0 Å². The van der Waals surface area contributed by atoms with Gasteiger partial charge in [-0.15, -0.1) is 0 Å². The Bertz CT molecular complexity index is 144. The van der Waals surface area contributed by atoms with E-state index in [2.05, 4.69) is 32.5 Å². The van der Waals surface area contributed by atoms with E-state index in [-0.39, 0.29) is 0 Å². The van der Waals surface area contributed by atoms with Gasteiger partial charge in [-0.1, -0.05) is 6.92 Å². The molecule has 0 N–H and O–H groups in total. The Kier molecular flexibility index (Phi) is 7.45. The topological polar surface area (TPSA) is 21.7 Å². The summed E-state index contributed by atoms with van der Waals surface area (Å²) in [6.07, 6.45) is 2.23. The van der Waals surface area contributed by atoms with Gasteiger partial charge in [-0.2, -0.15) is 0 Å². The highest BCUT2D eigenvalue weighted by atomic mass is 28.4. The fraction of sp³-hybridized carbons (Fsp3) is 1.00. The first-order valence-electron chi connectivity index (χ1n) is 5.38. The molecule has 0 aliphatic rings. The number of hydrogen-bond donors (Lipinski definition) is 0. The molecule has 0 heterocycles. The average Bonchev–Trinajstić information content (AvgIpc) is 2.14. The molecular weight excluding hydrogens is 194 g/mol. The van der Waals surface area contributed by atoms with E-state index in [1.807, 2.05) is 0 Å². The van der Waals surface area contributed by atoms with Gasteiger partial charge in [0.2, 0.25) is 0 Å². The summed E-state index contributed by atoms with van der Waals surface area (Å²) in [6, 6.07) is 1.08. The van der Waals surface area contributed by atoms with Crippen LogP contribution in [0.25, 0.3) is 0 Å². The third-order valence-corrected chi connectivity index (χ3v) is 5.22. The van der Waals surface area contributed by atoms with Crippen molar-refractivity contribution in [2.75, 3.05) is 34.4 Å². The maximum absolute atomic E-state index is 5.81. The molecule has 0 rings (SSSR count). The minimum atomic E-state index is -1.84. The van der Waals surface area contributed by atoms with E-state index in [4.69, 9.17) is 8.85 Å². The molecule has 0 aromatic heterocycles. The lowest BCUT2D eigenvalue weighted by Crippen LogP contribution is -2.38. The van der Waals surface area contributed by atoms with Gasteiger partial charge >= 0.3 is 8.56 Å². The SMILES string of the molecule is CCCO[Si](C)(CCCN(C)C)OC. The lowest BCUT2D eigenvalue weighted by atomic mass is 10.5. The number of hydrogen-bond acceptors (Lipinski definition) is 3. The zero-order valence-corrected chi connectivity index (χ0v) is 11.3. The monoisotopic (exact) mass is 219 g/mol. The second-order valence-corrected chi connectivity index (χ2v) is 7.56. The Morgan fingerprint density at radius 1 is 1.29 bits per heavy atom. The van der Waals surface area contributed by atoms with Crippen LogP contribution in [-0.2, 0) is 8.85 Å². The van der Waals surface area contributed by atoms with Crippen molar-refractivity contribution in [1.29, 1.82) is 0 Å². The molecule has 0 aliphatic carbocycles. The Morgan fingerprint density at radius 2 is 1.93 bits per heavy atom. The molecular formula is C10H25NO2Si. The van der Waals surface area contributed by atoms with Crippen LogP contribution in [0.1, 0.15) is 19.8 Å². The molecule has 0 aliphatic heterocycles. The van der Waals surface area contributed by atoms with Gasteiger partial charge in [0.25, 0.3) is 0 Å². The van der Waals surface area contributed by atoms with E-state index in [1.54, 1.807) is 7.11 Å². The zero-order chi connectivity index (χ0) is 11.0. The molecule has 0 bridgehead atoms. The van der Waals surface area contributed by atoms with Gasteiger partial charge in [0, 0.05) is 13.7 Å². The van der Waals surface area contributed by atoms with Crippen molar-refractivity contribution >= 4 is 8.56 Å². The van der Waals surface area contributed by atoms with Gasteiger partial charge in [-0.05, 0) is 46.1 Å². The summed E-state index contributed by atoms with van der Waals surface area (Å²) < 4.78 is 11.3. The first-order valence-corrected chi connectivity index (χ1v) is 7.90. The minimum Gasteiger partial charge on any atom is -0.398 e. The molecule has 14 heavy (non-hydrogen) atoms. The largest absolute Gasteiger partial charge is 0.398 e. The van der Waals surface area contributed by atoms with Crippen LogP contribution < -0.4 is 0 Å². The Hall–Kier alpha value is 0.0969. The van der Waals surface area contributed by atoms with Crippen LogP contribution in [0.2, 0.25) is 12.6 Å². The maximum atomic E-state index is 5.81. The minimum absolute atomic E-state index is 0.832. The Morgan fingerprint density at radius 3 is 2.36 bits per heavy atom. The quantitative estimate of drug-likeness (QED) is 0.584. The van der Waals surface area contributed by atoms with E-state index in [9.17, 15) is 0 Å². The second-order valence-electron chi connectivity index (χ2n) is 4.09. The van der Waals surface area contributed by atoms with E-state index in [0.29, 0.717) is 0 Å². The predicted molar refractivity (Wildman–Crippen MR) is 62.8 cm³/mol. The van der Waals surface area contributed by atoms with E-state index >= 15 is 0 Å². The molecule has 86 valence electrons. The molecule has 0 saturated carbocycles. The molecule has 0 aromatic rings. The van der Waals surface area contributed by atoms with Gasteiger partial charge < -0.3 is 13.8 Å². The zero-order valence-electron chi connectivity index (χ0n) is 10.3. The summed E-state index contributed by atoms with van der Waals surface area (Å²) in [5.41, 5.74) is 0. The Balaban J connectivity index is 3.74. The van der Waals surface area contributed by atoms with E-state index in [0.717, 1.165) is 32.0 Å². The normalized spacial score (nSPS) is 15.9. The highest BCUT2D eigenvalue weighted by Crippen LogP contribution is 2.15. The van der Waals surface area contributed by atoms with Crippen LogP contribution >= 0.6 is 0 Å². The summed E-state index contributed by atoms with van der Waals surface area (Å²) in [5.74, 6) is 0. The van der Waals surface area contributed by atoms with Gasteiger partial charge in [-0.3, -0.25) is 0 Å².